The Labute approximate surface area is 125 Å². The highest BCUT2D eigenvalue weighted by Gasteiger charge is 2.32. The van der Waals surface area contributed by atoms with E-state index in [0.717, 1.165) is 5.56 Å². The van der Waals surface area contributed by atoms with E-state index in [1.54, 1.807) is 6.92 Å². The van der Waals surface area contributed by atoms with Gasteiger partial charge in [0.2, 0.25) is 0 Å². The van der Waals surface area contributed by atoms with Crippen molar-refractivity contribution in [2.45, 2.75) is 33.1 Å². The molecule has 0 fully saturated rings. The topological polar surface area (TPSA) is 67.2 Å². The molecular formula is C17H21NO3. The Morgan fingerprint density at radius 2 is 1.86 bits per heavy atom. The number of nitriles is 1. The number of ketones is 1. The molecular weight excluding hydrogens is 266 g/mol. The van der Waals surface area contributed by atoms with Crippen LogP contribution in [-0.4, -0.2) is 18.4 Å². The molecule has 21 heavy (non-hydrogen) atoms. The van der Waals surface area contributed by atoms with Crippen molar-refractivity contribution >= 4 is 11.8 Å². The van der Waals surface area contributed by atoms with Crippen LogP contribution in [-0.2, 0) is 14.3 Å². The summed E-state index contributed by atoms with van der Waals surface area (Å²) in [5, 5.41) is 9.34. The molecule has 0 heterocycles. The Morgan fingerprint density at radius 3 is 2.33 bits per heavy atom. The summed E-state index contributed by atoms with van der Waals surface area (Å²) in [5.74, 6) is -2.09. The Bertz CT molecular complexity index is 517. The fraction of sp³-hybridized carbons (Fsp3) is 0.471. The van der Waals surface area contributed by atoms with Crippen molar-refractivity contribution in [1.82, 2.24) is 0 Å². The van der Waals surface area contributed by atoms with Gasteiger partial charge in [-0.2, -0.15) is 5.26 Å². The zero-order chi connectivity index (χ0) is 15.8. The molecule has 0 bridgehead atoms. The third-order valence-corrected chi connectivity index (χ3v) is 3.37. The molecule has 0 aliphatic heterocycles. The highest BCUT2D eigenvalue weighted by Crippen LogP contribution is 2.30. The van der Waals surface area contributed by atoms with E-state index in [0.29, 0.717) is 0 Å². The van der Waals surface area contributed by atoms with Crippen LogP contribution in [0, 0.1) is 23.2 Å². The second-order valence-corrected chi connectivity index (χ2v) is 5.20. The predicted octanol–water partition coefficient (Wildman–Crippen LogP) is 3.09. The number of ether oxygens (including phenoxy) is 1. The SMILES string of the molecule is CCOC(=O)C(C#N)C(CC(=O)C(C)C)c1ccccc1. The fourth-order valence-electron chi connectivity index (χ4n) is 2.12. The fourth-order valence-corrected chi connectivity index (χ4v) is 2.12. The van der Waals surface area contributed by atoms with Crippen molar-refractivity contribution in [2.24, 2.45) is 11.8 Å². The number of hydrogen-bond donors (Lipinski definition) is 0. The van der Waals surface area contributed by atoms with Crippen LogP contribution < -0.4 is 0 Å². The molecule has 1 aromatic rings. The average molecular weight is 287 g/mol. The van der Waals surface area contributed by atoms with Gasteiger partial charge < -0.3 is 4.74 Å². The largest absolute Gasteiger partial charge is 0.465 e. The first-order valence-corrected chi connectivity index (χ1v) is 7.15. The van der Waals surface area contributed by atoms with E-state index in [-0.39, 0.29) is 24.7 Å². The third kappa shape index (κ3) is 4.71. The minimum atomic E-state index is -0.963. The van der Waals surface area contributed by atoms with Crippen LogP contribution in [0.1, 0.15) is 38.7 Å². The molecule has 0 aliphatic rings. The van der Waals surface area contributed by atoms with Gasteiger partial charge in [0.15, 0.2) is 5.92 Å². The highest BCUT2D eigenvalue weighted by atomic mass is 16.5. The molecule has 0 saturated heterocycles. The number of Topliss-reactive ketones (excluding diaryl/α,β-unsaturated/α-hetero) is 1. The van der Waals surface area contributed by atoms with Gasteiger partial charge in [-0.15, -0.1) is 0 Å². The van der Waals surface area contributed by atoms with Crippen molar-refractivity contribution in [3.8, 4) is 6.07 Å². The zero-order valence-corrected chi connectivity index (χ0v) is 12.7. The van der Waals surface area contributed by atoms with Gasteiger partial charge in [0, 0.05) is 18.3 Å². The first-order chi connectivity index (χ1) is 10.0. The van der Waals surface area contributed by atoms with E-state index in [1.165, 1.54) is 0 Å². The molecule has 4 heteroatoms. The number of benzene rings is 1. The summed E-state index contributed by atoms with van der Waals surface area (Å²) < 4.78 is 4.97. The molecule has 1 rings (SSSR count). The van der Waals surface area contributed by atoms with Crippen molar-refractivity contribution in [1.29, 1.82) is 5.26 Å². The molecule has 1 aromatic carbocycles. The van der Waals surface area contributed by atoms with Gasteiger partial charge in [-0.3, -0.25) is 9.59 Å². The molecule has 4 nitrogen and oxygen atoms in total. The van der Waals surface area contributed by atoms with E-state index in [2.05, 4.69) is 0 Å². The summed E-state index contributed by atoms with van der Waals surface area (Å²) in [6, 6.07) is 11.2. The molecule has 0 saturated carbocycles. The minimum Gasteiger partial charge on any atom is -0.465 e. The maximum absolute atomic E-state index is 12.1. The molecule has 0 spiro atoms. The lowest BCUT2D eigenvalue weighted by Gasteiger charge is -2.21. The van der Waals surface area contributed by atoms with Crippen LogP contribution in [0.5, 0.6) is 0 Å². The van der Waals surface area contributed by atoms with Gasteiger partial charge in [-0.1, -0.05) is 44.2 Å². The smallest absolute Gasteiger partial charge is 0.323 e. The van der Waals surface area contributed by atoms with E-state index < -0.39 is 17.8 Å². The van der Waals surface area contributed by atoms with Gasteiger partial charge in [-0.05, 0) is 12.5 Å². The summed E-state index contributed by atoms with van der Waals surface area (Å²) in [6.45, 7) is 5.55. The molecule has 2 atom stereocenters. The molecule has 112 valence electrons. The van der Waals surface area contributed by atoms with Crippen molar-refractivity contribution < 1.29 is 14.3 Å². The Morgan fingerprint density at radius 1 is 1.24 bits per heavy atom. The Balaban J connectivity index is 3.09. The van der Waals surface area contributed by atoms with Crippen LogP contribution in [0.4, 0.5) is 0 Å². The van der Waals surface area contributed by atoms with Crippen molar-refractivity contribution in [3.05, 3.63) is 35.9 Å². The monoisotopic (exact) mass is 287 g/mol. The number of carbonyl (C=O) groups excluding carboxylic acids is 2. The number of carbonyl (C=O) groups is 2. The van der Waals surface area contributed by atoms with Crippen LogP contribution in [0.3, 0.4) is 0 Å². The number of esters is 1. The van der Waals surface area contributed by atoms with Gasteiger partial charge >= 0.3 is 5.97 Å². The second kappa shape index (κ2) is 8.21. The van der Waals surface area contributed by atoms with Crippen molar-refractivity contribution in [2.75, 3.05) is 6.61 Å². The first-order valence-electron chi connectivity index (χ1n) is 7.15. The predicted molar refractivity (Wildman–Crippen MR) is 79.4 cm³/mol. The molecule has 0 aromatic heterocycles. The van der Waals surface area contributed by atoms with Gasteiger partial charge in [0.25, 0.3) is 0 Å². The van der Waals surface area contributed by atoms with E-state index in [1.807, 2.05) is 50.2 Å². The molecule has 0 N–H and O–H groups in total. The van der Waals surface area contributed by atoms with E-state index in [4.69, 9.17) is 4.74 Å². The number of rotatable bonds is 7. The van der Waals surface area contributed by atoms with Gasteiger partial charge in [0.1, 0.15) is 5.78 Å². The summed E-state index contributed by atoms with van der Waals surface area (Å²) in [4.78, 5) is 24.1. The lowest BCUT2D eigenvalue weighted by atomic mass is 9.81. The van der Waals surface area contributed by atoms with Crippen LogP contribution >= 0.6 is 0 Å². The number of nitrogens with zero attached hydrogens (tertiary/aromatic N) is 1. The quantitative estimate of drug-likeness (QED) is 0.723. The van der Waals surface area contributed by atoms with E-state index in [9.17, 15) is 14.9 Å². The minimum absolute atomic E-state index is 0.0356. The summed E-state index contributed by atoms with van der Waals surface area (Å²) >= 11 is 0. The highest BCUT2D eigenvalue weighted by molar-refractivity contribution is 5.83. The van der Waals surface area contributed by atoms with Crippen LogP contribution in [0.25, 0.3) is 0 Å². The lowest BCUT2D eigenvalue weighted by molar-refractivity contribution is -0.146. The average Bonchev–Trinajstić information content (AvgIpc) is 2.47. The Hall–Kier alpha value is -2.15. The van der Waals surface area contributed by atoms with Crippen LogP contribution in [0.15, 0.2) is 30.3 Å². The first kappa shape index (κ1) is 16.9. The second-order valence-electron chi connectivity index (χ2n) is 5.20. The Kier molecular flexibility index (Phi) is 6.61. The number of hydrogen-bond acceptors (Lipinski definition) is 4. The zero-order valence-electron chi connectivity index (χ0n) is 12.7. The summed E-state index contributed by atoms with van der Waals surface area (Å²) in [7, 11) is 0. The van der Waals surface area contributed by atoms with E-state index >= 15 is 0 Å². The van der Waals surface area contributed by atoms with Gasteiger partial charge in [0.05, 0.1) is 12.7 Å². The molecule has 0 amide bonds. The normalized spacial score (nSPS) is 13.3. The molecule has 0 aliphatic carbocycles. The summed E-state index contributed by atoms with van der Waals surface area (Å²) in [6.07, 6.45) is 0.165. The van der Waals surface area contributed by atoms with Crippen LogP contribution in [0.2, 0.25) is 0 Å². The van der Waals surface area contributed by atoms with Gasteiger partial charge in [-0.25, -0.2) is 0 Å². The van der Waals surface area contributed by atoms with Crippen molar-refractivity contribution in [3.63, 3.8) is 0 Å². The standard InChI is InChI=1S/C17H21NO3/c1-4-21-17(20)15(11-18)14(10-16(19)12(2)3)13-8-6-5-7-9-13/h5-9,12,14-15H,4,10H2,1-3H3. The maximum atomic E-state index is 12.1. The summed E-state index contributed by atoms with van der Waals surface area (Å²) in [5.41, 5.74) is 0.811. The molecule has 2 unspecified atom stereocenters. The lowest BCUT2D eigenvalue weighted by Crippen LogP contribution is -2.26. The third-order valence-electron chi connectivity index (χ3n) is 3.37. The maximum Gasteiger partial charge on any atom is 0.323 e. The molecule has 0 radical (unpaired) electrons.